The lowest BCUT2D eigenvalue weighted by Crippen LogP contribution is -2.25. The van der Waals surface area contributed by atoms with E-state index in [0.29, 0.717) is 11.0 Å². The van der Waals surface area contributed by atoms with Gasteiger partial charge >= 0.3 is 6.98 Å². The van der Waals surface area contributed by atoms with Crippen LogP contribution in [0.4, 0.5) is 0 Å². The van der Waals surface area contributed by atoms with Gasteiger partial charge < -0.3 is 5.73 Å². The lowest BCUT2D eigenvalue weighted by Gasteiger charge is -1.97. The van der Waals surface area contributed by atoms with Crippen molar-refractivity contribution in [3.8, 4) is 0 Å². The van der Waals surface area contributed by atoms with Crippen LogP contribution in [-0.2, 0) is 0 Å². The normalized spacial score (nSPS) is 9.14. The van der Waals surface area contributed by atoms with Gasteiger partial charge in [-0.3, -0.25) is 4.79 Å². The number of primary amides is 1. The van der Waals surface area contributed by atoms with E-state index in [9.17, 15) is 14.6 Å². The Labute approximate surface area is 79.6 Å². The van der Waals surface area contributed by atoms with Crippen LogP contribution in [0.5, 0.6) is 0 Å². The van der Waals surface area contributed by atoms with Crippen LogP contribution in [0.25, 0.3) is 0 Å². The lowest BCUT2D eigenvalue weighted by molar-refractivity contribution is 0.100. The number of amides is 1. The molecule has 0 saturated heterocycles. The highest BCUT2D eigenvalue weighted by Crippen LogP contribution is 1.97. The van der Waals surface area contributed by atoms with Gasteiger partial charge in [-0.25, -0.2) is 0 Å². The summed E-state index contributed by atoms with van der Waals surface area (Å²) in [7, 11) is 0. The van der Waals surface area contributed by atoms with Gasteiger partial charge in [0.15, 0.2) is 0 Å². The molecule has 0 bridgehead atoms. The number of carbonyl (C=O) groups is 1. The minimum absolute atomic E-state index is 0.296. The molecule has 70 valence electrons. The molecular weight excluding hydrogens is 185 g/mol. The molecule has 0 fully saturated rings. The van der Waals surface area contributed by atoms with Crippen LogP contribution >= 0.6 is 0 Å². The van der Waals surface area contributed by atoms with E-state index in [1.165, 1.54) is 24.3 Å². The second-order valence-electron chi connectivity index (χ2n) is 2.57. The Morgan fingerprint density at radius 2 is 1.64 bits per heavy atom. The molecule has 0 aliphatic rings. The summed E-state index contributed by atoms with van der Waals surface area (Å²) in [6, 6.07) is 5.63. The fraction of sp³-hybridized carbons (Fsp3) is 0. The summed E-state index contributed by atoms with van der Waals surface area (Å²) < 4.78 is 0. The van der Waals surface area contributed by atoms with Crippen LogP contribution in [0.1, 0.15) is 10.4 Å². The molecule has 7 heteroatoms. The topological polar surface area (TPSA) is 102 Å². The van der Waals surface area contributed by atoms with E-state index >= 15 is 0 Å². The van der Waals surface area contributed by atoms with E-state index in [0.717, 1.165) is 0 Å². The van der Waals surface area contributed by atoms with E-state index in [-0.39, 0.29) is 0 Å². The van der Waals surface area contributed by atoms with Gasteiger partial charge in [0.1, 0.15) is 0 Å². The molecule has 2 N–H and O–H groups in total. The molecule has 1 rings (SSSR count). The van der Waals surface area contributed by atoms with E-state index < -0.39 is 12.9 Å². The molecule has 0 aliphatic heterocycles. The summed E-state index contributed by atoms with van der Waals surface area (Å²) in [4.78, 5) is 30.9. The summed E-state index contributed by atoms with van der Waals surface area (Å²) >= 11 is 0. The second-order valence-corrected chi connectivity index (χ2v) is 2.57. The summed E-state index contributed by atoms with van der Waals surface area (Å²) in [6.07, 6.45) is 0. The van der Waals surface area contributed by atoms with Crippen LogP contribution < -0.4 is 11.2 Å². The summed E-state index contributed by atoms with van der Waals surface area (Å²) in [5.74, 6) is -0.578. The van der Waals surface area contributed by atoms with Gasteiger partial charge in [0.05, 0.1) is 0 Å². The first-order valence-corrected chi connectivity index (χ1v) is 3.73. The van der Waals surface area contributed by atoms with Gasteiger partial charge in [0.2, 0.25) is 5.91 Å². The molecule has 6 nitrogen and oxygen atoms in total. The third-order valence-electron chi connectivity index (χ3n) is 1.69. The standard InChI is InChI=1S/C7H6BN3O3/c9-7(12)5-1-3-6(4-2-5)8(10-13)11-14/h1-4H,(H2,9,12). The molecule has 0 aliphatic carbocycles. The van der Waals surface area contributed by atoms with Crippen LogP contribution in [0.2, 0.25) is 0 Å². The minimum atomic E-state index is -1.27. The van der Waals surface area contributed by atoms with Crippen molar-refractivity contribution in [2.45, 2.75) is 0 Å². The SMILES string of the molecule is NC(=O)c1ccc(B(N=O)N=O)cc1. The largest absolute Gasteiger partial charge is 0.548 e. The smallest absolute Gasteiger partial charge is 0.366 e. The molecular formula is C7H6BN3O3. The Morgan fingerprint density at radius 1 is 1.14 bits per heavy atom. The van der Waals surface area contributed by atoms with E-state index in [4.69, 9.17) is 5.73 Å². The first kappa shape index (κ1) is 10.0. The average molecular weight is 191 g/mol. The Kier molecular flexibility index (Phi) is 3.06. The number of carbonyl (C=O) groups excluding carboxylic acids is 1. The number of hydrogen-bond donors (Lipinski definition) is 1. The Morgan fingerprint density at radius 3 is 2.00 bits per heavy atom. The number of rotatable bonds is 4. The highest BCUT2D eigenvalue weighted by Gasteiger charge is 2.20. The Bertz CT molecular complexity index is 357. The molecule has 14 heavy (non-hydrogen) atoms. The maximum Gasteiger partial charge on any atom is 0.548 e. The van der Waals surface area contributed by atoms with Crippen molar-refractivity contribution in [3.05, 3.63) is 39.6 Å². The third kappa shape index (κ3) is 2.00. The van der Waals surface area contributed by atoms with Crippen LogP contribution in [0.15, 0.2) is 34.4 Å². The van der Waals surface area contributed by atoms with E-state index in [2.05, 4.69) is 10.2 Å². The maximum atomic E-state index is 10.7. The van der Waals surface area contributed by atoms with Crippen molar-refractivity contribution in [3.63, 3.8) is 0 Å². The average Bonchev–Trinajstić information content (AvgIpc) is 2.20. The fourth-order valence-electron chi connectivity index (χ4n) is 0.960. The van der Waals surface area contributed by atoms with Crippen LogP contribution in [-0.4, -0.2) is 12.9 Å². The molecule has 0 aromatic heterocycles. The zero-order chi connectivity index (χ0) is 10.6. The molecule has 0 radical (unpaired) electrons. The molecule has 0 spiro atoms. The number of nitrogens with two attached hydrogens (primary N) is 1. The predicted molar refractivity (Wildman–Crippen MR) is 51.9 cm³/mol. The first-order chi connectivity index (χ1) is 6.69. The van der Waals surface area contributed by atoms with Crippen molar-refractivity contribution < 1.29 is 4.79 Å². The summed E-state index contributed by atoms with van der Waals surface area (Å²) in [5, 5.41) is 5.01. The number of benzene rings is 1. The van der Waals surface area contributed by atoms with E-state index in [1.807, 2.05) is 0 Å². The third-order valence-corrected chi connectivity index (χ3v) is 1.69. The fourth-order valence-corrected chi connectivity index (χ4v) is 0.960. The van der Waals surface area contributed by atoms with Crippen LogP contribution in [0.3, 0.4) is 0 Å². The van der Waals surface area contributed by atoms with Crippen molar-refractivity contribution in [1.29, 1.82) is 0 Å². The molecule has 0 atom stereocenters. The zero-order valence-corrected chi connectivity index (χ0v) is 7.08. The van der Waals surface area contributed by atoms with Crippen molar-refractivity contribution in [2.24, 2.45) is 15.9 Å². The molecule has 0 saturated carbocycles. The summed E-state index contributed by atoms with van der Waals surface area (Å²) in [5.41, 5.74) is 5.62. The molecule has 0 unspecified atom stereocenters. The Hall–Kier alpha value is -2.05. The maximum absolute atomic E-state index is 10.7. The number of nitrogens with zero attached hydrogens (tertiary/aromatic N) is 2. The van der Waals surface area contributed by atoms with Gasteiger partial charge in [-0.2, -0.15) is 9.81 Å². The first-order valence-electron chi connectivity index (χ1n) is 3.73. The lowest BCUT2D eigenvalue weighted by atomic mass is 9.71. The van der Waals surface area contributed by atoms with Gasteiger partial charge in [0.25, 0.3) is 0 Å². The quantitative estimate of drug-likeness (QED) is 0.535. The van der Waals surface area contributed by atoms with Gasteiger partial charge in [0, 0.05) is 5.56 Å². The van der Waals surface area contributed by atoms with Crippen LogP contribution in [0, 0.1) is 9.81 Å². The zero-order valence-electron chi connectivity index (χ0n) is 7.08. The van der Waals surface area contributed by atoms with Gasteiger partial charge in [-0.15, -0.1) is 0 Å². The van der Waals surface area contributed by atoms with Crippen molar-refractivity contribution >= 4 is 18.4 Å². The minimum Gasteiger partial charge on any atom is -0.366 e. The van der Waals surface area contributed by atoms with Crippen molar-refractivity contribution in [1.82, 2.24) is 0 Å². The summed E-state index contributed by atoms with van der Waals surface area (Å²) in [6.45, 7) is -1.27. The van der Waals surface area contributed by atoms with E-state index in [1.54, 1.807) is 0 Å². The predicted octanol–water partition coefficient (Wildman–Crippen LogP) is 0.0135. The van der Waals surface area contributed by atoms with Gasteiger partial charge in [-0.05, 0) is 17.6 Å². The highest BCUT2D eigenvalue weighted by atomic mass is 16.3. The molecule has 0 heterocycles. The highest BCUT2D eigenvalue weighted by molar-refractivity contribution is 6.69. The monoisotopic (exact) mass is 191 g/mol. The molecule has 1 aromatic carbocycles. The number of hydrogen-bond acceptors (Lipinski definition) is 5. The van der Waals surface area contributed by atoms with Gasteiger partial charge in [-0.1, -0.05) is 22.3 Å². The number of nitroso groups, excluding NO2 is 2. The van der Waals surface area contributed by atoms with Crippen molar-refractivity contribution in [2.75, 3.05) is 0 Å². The Balaban J connectivity index is 2.98. The molecule has 1 amide bonds. The second kappa shape index (κ2) is 4.26. The molecule has 1 aromatic rings.